The van der Waals surface area contributed by atoms with Gasteiger partial charge in [0.2, 0.25) is 21.8 Å². The predicted octanol–water partition coefficient (Wildman–Crippen LogP) is 0.353. The van der Waals surface area contributed by atoms with E-state index in [1.54, 1.807) is 13.0 Å². The Labute approximate surface area is 238 Å². The number of sulfonamides is 1. The van der Waals surface area contributed by atoms with E-state index in [0.717, 1.165) is 4.90 Å². The third-order valence-corrected chi connectivity index (χ3v) is 10.1. The molecule has 13 nitrogen and oxygen atoms in total. The third kappa shape index (κ3) is 6.89. The maximum atomic E-state index is 13.6. The first-order valence-electron chi connectivity index (χ1n) is 13.5. The molecule has 1 heterocycles. The summed E-state index contributed by atoms with van der Waals surface area (Å²) in [4.78, 5) is 52.7. The first-order valence-corrected chi connectivity index (χ1v) is 15.0. The van der Waals surface area contributed by atoms with Gasteiger partial charge in [-0.2, -0.15) is 0 Å². The number of aliphatic hydroxyl groups excluding tert-OH is 1. The minimum Gasteiger partial charge on any atom is -0.465 e. The number of allylic oxidation sites excluding steroid dienone is 1. The van der Waals surface area contributed by atoms with Crippen LogP contribution in [0.5, 0.6) is 0 Å². The van der Waals surface area contributed by atoms with E-state index < -0.39 is 81.0 Å². The summed E-state index contributed by atoms with van der Waals surface area (Å²) in [5, 5.41) is 24.4. The second kappa shape index (κ2) is 12.4. The van der Waals surface area contributed by atoms with Crippen molar-refractivity contribution in [3.8, 4) is 0 Å². The zero-order valence-electron chi connectivity index (χ0n) is 23.2. The molecule has 4 amide bonds. The molecule has 15 heteroatoms. The van der Waals surface area contributed by atoms with Crippen molar-refractivity contribution < 1.29 is 46.9 Å². The number of ether oxygens (including phenoxy) is 1. The van der Waals surface area contributed by atoms with E-state index >= 15 is 0 Å². The fourth-order valence-corrected chi connectivity index (χ4v) is 6.56. The van der Waals surface area contributed by atoms with Gasteiger partial charge in [0.25, 0.3) is 5.91 Å². The molecule has 7 atom stereocenters. The fourth-order valence-electron chi connectivity index (χ4n) is 5.14. The number of β-amino-alcohol motifs (C(OH)–C–C–N with tert-alkyl or cyclic N) is 1. The SMILES string of the molecule is C=CCC[C@@H](C)O[C@@H](C)[C@H](NC(=O)O)C(=O)N1C[C@H](O)C[C@H]1C(=O)N[C@]1(C(=O)NS(=O)(=O)C2(CF)CC2)C[C@H]1C=C. The number of likely N-dealkylation sites (tertiary alicyclic amines) is 1. The van der Waals surface area contributed by atoms with Crippen LogP contribution in [0.25, 0.3) is 0 Å². The molecule has 0 radical (unpaired) electrons. The maximum absolute atomic E-state index is 13.6. The summed E-state index contributed by atoms with van der Waals surface area (Å²) < 4.78 is 44.8. The smallest absolute Gasteiger partial charge is 0.405 e. The third-order valence-electron chi connectivity index (χ3n) is 8.00. The molecule has 0 aromatic carbocycles. The van der Waals surface area contributed by atoms with Gasteiger partial charge in [0.05, 0.1) is 18.3 Å². The van der Waals surface area contributed by atoms with Gasteiger partial charge < -0.3 is 30.5 Å². The molecule has 0 aromatic heterocycles. The fraction of sp³-hybridized carbons (Fsp3) is 0.692. The summed E-state index contributed by atoms with van der Waals surface area (Å²) in [7, 11) is -4.36. The van der Waals surface area contributed by atoms with Gasteiger partial charge >= 0.3 is 6.09 Å². The van der Waals surface area contributed by atoms with Gasteiger partial charge in [0.15, 0.2) is 0 Å². The van der Waals surface area contributed by atoms with Gasteiger partial charge in [-0.3, -0.25) is 19.1 Å². The van der Waals surface area contributed by atoms with Gasteiger partial charge in [0, 0.05) is 18.9 Å². The first-order chi connectivity index (χ1) is 19.2. The average Bonchev–Trinajstić information content (AvgIpc) is 3.81. The largest absolute Gasteiger partial charge is 0.465 e. The Morgan fingerprint density at radius 1 is 1.22 bits per heavy atom. The second-order valence-electron chi connectivity index (χ2n) is 11.1. The van der Waals surface area contributed by atoms with Crippen LogP contribution in [0, 0.1) is 5.92 Å². The summed E-state index contributed by atoms with van der Waals surface area (Å²) in [6.45, 7) is 9.08. The van der Waals surface area contributed by atoms with Crippen molar-refractivity contribution >= 4 is 33.8 Å². The molecule has 2 saturated carbocycles. The second-order valence-corrected chi connectivity index (χ2v) is 13.2. The number of hydrogen-bond donors (Lipinski definition) is 5. The van der Waals surface area contributed by atoms with Gasteiger partial charge in [-0.1, -0.05) is 12.2 Å². The van der Waals surface area contributed by atoms with Crippen molar-refractivity contribution in [1.29, 1.82) is 0 Å². The predicted molar refractivity (Wildman–Crippen MR) is 145 cm³/mol. The number of hydrogen-bond acceptors (Lipinski definition) is 8. The molecule has 41 heavy (non-hydrogen) atoms. The molecule has 0 unspecified atom stereocenters. The van der Waals surface area contributed by atoms with Crippen molar-refractivity contribution in [3.63, 3.8) is 0 Å². The zero-order chi connectivity index (χ0) is 30.8. The zero-order valence-corrected chi connectivity index (χ0v) is 24.0. The van der Waals surface area contributed by atoms with Crippen molar-refractivity contribution in [1.82, 2.24) is 20.3 Å². The molecule has 0 aromatic rings. The summed E-state index contributed by atoms with van der Waals surface area (Å²) >= 11 is 0. The number of carboxylic acid groups (broad SMARTS) is 1. The van der Waals surface area contributed by atoms with Crippen molar-refractivity contribution in [2.24, 2.45) is 5.92 Å². The van der Waals surface area contributed by atoms with Crippen LogP contribution < -0.4 is 15.4 Å². The molecule has 2 aliphatic carbocycles. The Balaban J connectivity index is 1.78. The topological polar surface area (TPSA) is 191 Å². The van der Waals surface area contributed by atoms with Crippen LogP contribution in [-0.2, 0) is 29.1 Å². The van der Waals surface area contributed by atoms with Crippen LogP contribution in [0.2, 0.25) is 0 Å². The number of alkyl halides is 1. The van der Waals surface area contributed by atoms with Crippen molar-refractivity contribution in [2.45, 2.75) is 93.1 Å². The highest BCUT2D eigenvalue weighted by Gasteiger charge is 2.63. The molecule has 3 rings (SSSR count). The summed E-state index contributed by atoms with van der Waals surface area (Å²) in [5.41, 5.74) is -1.70. The average molecular weight is 603 g/mol. The molecule has 3 fully saturated rings. The maximum Gasteiger partial charge on any atom is 0.405 e. The van der Waals surface area contributed by atoms with Crippen molar-refractivity contribution in [2.75, 3.05) is 13.2 Å². The van der Waals surface area contributed by atoms with E-state index in [9.17, 15) is 42.2 Å². The number of carbonyl (C=O) groups excluding carboxylic acids is 3. The highest BCUT2D eigenvalue weighted by Crippen LogP contribution is 2.47. The lowest BCUT2D eigenvalue weighted by Crippen LogP contribution is -2.60. The molecule has 230 valence electrons. The van der Waals surface area contributed by atoms with Crippen LogP contribution in [0.1, 0.15) is 52.4 Å². The van der Waals surface area contributed by atoms with E-state index in [1.165, 1.54) is 13.0 Å². The Bertz CT molecular complexity index is 1180. The van der Waals surface area contributed by atoms with E-state index in [4.69, 9.17) is 4.74 Å². The lowest BCUT2D eigenvalue weighted by atomic mass is 10.1. The van der Waals surface area contributed by atoms with E-state index in [0.29, 0.717) is 12.8 Å². The molecule has 0 spiro atoms. The van der Waals surface area contributed by atoms with Crippen LogP contribution in [-0.4, -0.2) is 101 Å². The van der Waals surface area contributed by atoms with Crippen LogP contribution in [0.3, 0.4) is 0 Å². The number of amides is 4. The van der Waals surface area contributed by atoms with Crippen LogP contribution in [0.4, 0.5) is 9.18 Å². The van der Waals surface area contributed by atoms with Gasteiger partial charge in [0.1, 0.15) is 29.0 Å². The number of aliphatic hydroxyl groups is 1. The molecule has 1 saturated heterocycles. The Hall–Kier alpha value is -3.04. The molecule has 5 N–H and O–H groups in total. The molecular weight excluding hydrogens is 563 g/mol. The lowest BCUT2D eigenvalue weighted by molar-refractivity contribution is -0.144. The number of nitrogens with one attached hydrogen (secondary N) is 3. The Morgan fingerprint density at radius 3 is 2.39 bits per heavy atom. The standard InChI is InChI=1S/C26H39FN4O9S/c1-5-7-8-15(3)40-16(4)20(28-24(36)37)22(34)31-13-18(32)11-19(31)21(33)29-26(12-17(26)6-2)23(35)30-41(38,39)25(14-27)9-10-25/h5-6,15-20,28,32H,1-2,7-14H2,3-4H3,(H,29,33)(H,30,35)(H,36,37)/t15-,16+,17-,18-,19+,20+,26-/m1/s1. The first kappa shape index (κ1) is 32.5. The van der Waals surface area contributed by atoms with E-state index in [-0.39, 0.29) is 38.3 Å². The monoisotopic (exact) mass is 602 g/mol. The quantitative estimate of drug-likeness (QED) is 0.165. The number of rotatable bonds is 15. The Morgan fingerprint density at radius 2 is 1.88 bits per heavy atom. The van der Waals surface area contributed by atoms with Gasteiger partial charge in [-0.25, -0.2) is 17.6 Å². The Kier molecular flexibility index (Phi) is 9.86. The highest BCUT2D eigenvalue weighted by atomic mass is 32.2. The van der Waals surface area contributed by atoms with Gasteiger partial charge in [-0.05, 0) is 46.0 Å². The van der Waals surface area contributed by atoms with E-state index in [1.807, 2.05) is 4.72 Å². The summed E-state index contributed by atoms with van der Waals surface area (Å²) in [5.74, 6) is -3.35. The summed E-state index contributed by atoms with van der Waals surface area (Å²) in [6.07, 6.45) is 0.317. The minimum atomic E-state index is -4.36. The minimum absolute atomic E-state index is 0.0199. The number of carbonyl (C=O) groups is 4. The van der Waals surface area contributed by atoms with E-state index in [2.05, 4.69) is 23.8 Å². The molecule has 1 aliphatic heterocycles. The normalized spacial score (nSPS) is 28.5. The molecule has 3 aliphatic rings. The summed E-state index contributed by atoms with van der Waals surface area (Å²) in [6, 6.07) is -2.71. The molecule has 0 bridgehead atoms. The molecular formula is C26H39FN4O9S. The number of nitrogens with zero attached hydrogens (tertiary/aromatic N) is 1. The van der Waals surface area contributed by atoms with Crippen molar-refractivity contribution in [3.05, 3.63) is 25.3 Å². The van der Waals surface area contributed by atoms with Crippen LogP contribution in [0.15, 0.2) is 25.3 Å². The van der Waals surface area contributed by atoms with Crippen LogP contribution >= 0.6 is 0 Å². The lowest BCUT2D eigenvalue weighted by Gasteiger charge is -2.32. The van der Waals surface area contributed by atoms with Gasteiger partial charge in [-0.15, -0.1) is 13.2 Å². The highest BCUT2D eigenvalue weighted by molar-refractivity contribution is 7.91. The number of halogens is 1.